The van der Waals surface area contributed by atoms with Gasteiger partial charge in [0.1, 0.15) is 11.3 Å². The largest absolute Gasteiger partial charge is 0.455 e. The van der Waals surface area contributed by atoms with Gasteiger partial charge in [-0.2, -0.15) is 0 Å². The molecule has 0 spiro atoms. The Bertz CT molecular complexity index is 3470. The van der Waals surface area contributed by atoms with Gasteiger partial charge in [-0.25, -0.2) is 0 Å². The number of hydrogen-bond donors (Lipinski definition) is 0. The first kappa shape index (κ1) is 35.2. The highest BCUT2D eigenvalue weighted by Crippen LogP contribution is 2.51. The van der Waals surface area contributed by atoms with E-state index in [2.05, 4.69) is 229 Å². The first-order valence-corrected chi connectivity index (χ1v) is 21.6. The molecular weight excluding hydrogens is 759 g/mol. The van der Waals surface area contributed by atoms with Gasteiger partial charge in [0, 0.05) is 64.7 Å². The van der Waals surface area contributed by atoms with E-state index in [0.717, 1.165) is 50.3 Å². The molecule has 0 unspecified atom stereocenters. The Morgan fingerprint density at radius 1 is 0.328 bits per heavy atom. The molecule has 0 saturated carbocycles. The average molecular weight is 796 g/mol. The van der Waals surface area contributed by atoms with Crippen LogP contribution in [0.1, 0.15) is 0 Å². The fraction of sp³-hybridized carbons (Fsp3) is 0. The monoisotopic (exact) mass is 795 g/mol. The van der Waals surface area contributed by atoms with Crippen LogP contribution < -0.4 is 4.90 Å². The van der Waals surface area contributed by atoms with Gasteiger partial charge < -0.3 is 9.32 Å². The van der Waals surface area contributed by atoms with Gasteiger partial charge >= 0.3 is 0 Å². The molecule has 2 aromatic heterocycles. The highest BCUT2D eigenvalue weighted by molar-refractivity contribution is 7.26. The normalized spacial score (nSPS) is 11.6. The van der Waals surface area contributed by atoms with Crippen LogP contribution in [0.15, 0.2) is 229 Å². The molecule has 286 valence electrons. The molecule has 12 aromatic rings. The van der Waals surface area contributed by atoms with Crippen molar-refractivity contribution in [1.82, 2.24) is 0 Å². The molecule has 0 aliphatic carbocycles. The number of fused-ring (bicyclic) bond motifs is 9. The van der Waals surface area contributed by atoms with Crippen molar-refractivity contribution in [1.29, 1.82) is 0 Å². The van der Waals surface area contributed by atoms with Crippen molar-refractivity contribution in [2.24, 2.45) is 0 Å². The van der Waals surface area contributed by atoms with Gasteiger partial charge in [-0.05, 0) is 93.0 Å². The molecular formula is C58H37NOS. The van der Waals surface area contributed by atoms with Crippen LogP contribution in [0.4, 0.5) is 17.1 Å². The zero-order chi connectivity index (χ0) is 40.3. The Morgan fingerprint density at radius 3 is 1.36 bits per heavy atom. The van der Waals surface area contributed by atoms with Crippen molar-refractivity contribution in [3.8, 4) is 44.7 Å². The second-order valence-corrected chi connectivity index (χ2v) is 16.6. The molecule has 0 atom stereocenters. The summed E-state index contributed by atoms with van der Waals surface area (Å²) in [5, 5.41) is 8.44. The van der Waals surface area contributed by atoms with Crippen molar-refractivity contribution < 1.29 is 4.42 Å². The van der Waals surface area contributed by atoms with E-state index in [1.54, 1.807) is 0 Å². The summed E-state index contributed by atoms with van der Waals surface area (Å²) < 4.78 is 9.81. The maximum atomic E-state index is 7.26. The zero-order valence-electron chi connectivity index (χ0n) is 33.1. The fourth-order valence-electron chi connectivity index (χ4n) is 9.21. The summed E-state index contributed by atoms with van der Waals surface area (Å²) in [6.45, 7) is 0. The first-order chi connectivity index (χ1) is 30.3. The SMILES string of the molecule is c1ccc(-c2ccc(N(c3ccc(-c4ccccc4)cc3)c3ccc(-c4oc5c6ccccc6c6ccccc6c5c4-c4cccc5c4sc4ccccc45)cc3)cc2)cc1. The molecule has 0 aliphatic heterocycles. The van der Waals surface area contributed by atoms with E-state index in [1.807, 2.05) is 11.3 Å². The van der Waals surface area contributed by atoms with Crippen LogP contribution in [-0.2, 0) is 0 Å². The van der Waals surface area contributed by atoms with Crippen molar-refractivity contribution in [3.63, 3.8) is 0 Å². The van der Waals surface area contributed by atoms with E-state index in [-0.39, 0.29) is 0 Å². The number of anilines is 3. The minimum Gasteiger partial charge on any atom is -0.455 e. The van der Waals surface area contributed by atoms with Crippen LogP contribution in [0, 0.1) is 0 Å². The Labute approximate surface area is 357 Å². The molecule has 0 N–H and O–H groups in total. The molecule has 2 heterocycles. The van der Waals surface area contributed by atoms with Gasteiger partial charge in [0.25, 0.3) is 0 Å². The summed E-state index contributed by atoms with van der Waals surface area (Å²) in [5.41, 5.74) is 12.3. The maximum absolute atomic E-state index is 7.26. The zero-order valence-corrected chi connectivity index (χ0v) is 33.9. The molecule has 2 nitrogen and oxygen atoms in total. The Hall–Kier alpha value is -7.72. The number of nitrogens with zero attached hydrogens (tertiary/aromatic N) is 1. The molecule has 0 radical (unpaired) electrons. The lowest BCUT2D eigenvalue weighted by molar-refractivity contribution is 0.636. The third-order valence-corrected chi connectivity index (χ3v) is 13.3. The van der Waals surface area contributed by atoms with E-state index in [4.69, 9.17) is 4.42 Å². The van der Waals surface area contributed by atoms with Crippen LogP contribution in [0.3, 0.4) is 0 Å². The molecule has 0 aliphatic rings. The average Bonchev–Trinajstić information content (AvgIpc) is 3.93. The summed E-state index contributed by atoms with van der Waals surface area (Å²) in [7, 11) is 0. The molecule has 0 amide bonds. The first-order valence-electron chi connectivity index (χ1n) is 20.7. The van der Waals surface area contributed by atoms with Gasteiger partial charge in [-0.15, -0.1) is 11.3 Å². The minimum atomic E-state index is 0.874. The van der Waals surface area contributed by atoms with E-state index in [0.29, 0.717) is 0 Å². The van der Waals surface area contributed by atoms with Gasteiger partial charge in [-0.3, -0.25) is 0 Å². The van der Waals surface area contributed by atoms with E-state index in [9.17, 15) is 0 Å². The topological polar surface area (TPSA) is 16.4 Å². The highest BCUT2D eigenvalue weighted by Gasteiger charge is 2.25. The number of rotatable bonds is 7. The molecule has 0 saturated heterocycles. The summed E-state index contributed by atoms with van der Waals surface area (Å²) in [6.07, 6.45) is 0. The number of thiophene rings is 1. The Morgan fingerprint density at radius 2 is 0.770 bits per heavy atom. The molecule has 10 aromatic carbocycles. The van der Waals surface area contributed by atoms with Crippen molar-refractivity contribution in [2.45, 2.75) is 0 Å². The van der Waals surface area contributed by atoms with Gasteiger partial charge in [0.05, 0.1) is 0 Å². The minimum absolute atomic E-state index is 0.874. The van der Waals surface area contributed by atoms with E-state index in [1.165, 1.54) is 64.1 Å². The Kier molecular flexibility index (Phi) is 8.39. The summed E-state index contributed by atoms with van der Waals surface area (Å²) in [6, 6.07) is 80.8. The van der Waals surface area contributed by atoms with Crippen LogP contribution in [0.25, 0.3) is 97.4 Å². The van der Waals surface area contributed by atoms with Crippen molar-refractivity contribution >= 4 is 81.1 Å². The molecule has 3 heteroatoms. The van der Waals surface area contributed by atoms with E-state index >= 15 is 0 Å². The fourth-order valence-corrected chi connectivity index (χ4v) is 10.4. The van der Waals surface area contributed by atoms with Crippen LogP contribution in [0.5, 0.6) is 0 Å². The van der Waals surface area contributed by atoms with Crippen LogP contribution in [-0.4, -0.2) is 0 Å². The number of furan rings is 1. The third kappa shape index (κ3) is 5.93. The van der Waals surface area contributed by atoms with E-state index < -0.39 is 0 Å². The van der Waals surface area contributed by atoms with Gasteiger partial charge in [-0.1, -0.05) is 170 Å². The molecule has 61 heavy (non-hydrogen) atoms. The van der Waals surface area contributed by atoms with Gasteiger partial charge in [0.2, 0.25) is 0 Å². The quantitative estimate of drug-likeness (QED) is 0.149. The summed E-state index contributed by atoms with van der Waals surface area (Å²) in [5.74, 6) is 0.874. The lowest BCUT2D eigenvalue weighted by Crippen LogP contribution is -2.09. The van der Waals surface area contributed by atoms with Gasteiger partial charge in [0.15, 0.2) is 0 Å². The molecule has 12 rings (SSSR count). The third-order valence-electron chi connectivity index (χ3n) is 12.1. The lowest BCUT2D eigenvalue weighted by atomic mass is 9.92. The Balaban J connectivity index is 1.05. The standard InChI is InChI=1S/C58H37NOS/c1-3-14-38(15-4-1)40-26-32-43(33-27-40)59(44-34-28-41(29-35-44)39-16-5-2-6-17-39)45-36-30-42(31-37-45)56-55(52-24-13-23-51-48-20-11-12-25-53(48)61-58(51)52)54-49-21-9-7-18-46(49)47-19-8-10-22-50(47)57(54)60-56/h1-37H. The van der Waals surface area contributed by atoms with Crippen LogP contribution in [0.2, 0.25) is 0 Å². The predicted molar refractivity (Wildman–Crippen MR) is 261 cm³/mol. The summed E-state index contributed by atoms with van der Waals surface area (Å²) >= 11 is 1.86. The smallest absolute Gasteiger partial charge is 0.143 e. The number of hydrogen-bond acceptors (Lipinski definition) is 3. The molecule has 0 fully saturated rings. The lowest BCUT2D eigenvalue weighted by Gasteiger charge is -2.26. The highest BCUT2D eigenvalue weighted by atomic mass is 32.1. The molecule has 0 bridgehead atoms. The second-order valence-electron chi connectivity index (χ2n) is 15.6. The van der Waals surface area contributed by atoms with Crippen molar-refractivity contribution in [2.75, 3.05) is 4.90 Å². The van der Waals surface area contributed by atoms with Crippen molar-refractivity contribution in [3.05, 3.63) is 224 Å². The maximum Gasteiger partial charge on any atom is 0.143 e. The van der Waals surface area contributed by atoms with Crippen LogP contribution >= 0.6 is 11.3 Å². The second kappa shape index (κ2) is 14.5. The predicted octanol–water partition coefficient (Wildman–Crippen LogP) is 17.2. The number of benzene rings is 10. The summed E-state index contributed by atoms with van der Waals surface area (Å²) in [4.78, 5) is 2.34.